The Hall–Kier alpha value is -2.90. The second-order valence-corrected chi connectivity index (χ2v) is 6.65. The molecule has 0 aliphatic heterocycles. The minimum absolute atomic E-state index is 0.0134. The van der Waals surface area contributed by atoms with E-state index < -0.39 is 10.8 Å². The van der Waals surface area contributed by atoms with Gasteiger partial charge in [-0.15, -0.1) is 0 Å². The molecular formula is C16H13IN6O4. The van der Waals surface area contributed by atoms with Crippen LogP contribution >= 0.6 is 22.6 Å². The number of carbonyl (C=O) groups excluding carboxylic acids is 1. The van der Waals surface area contributed by atoms with Crippen molar-refractivity contribution in [2.24, 2.45) is 5.73 Å². The molecule has 0 atom stereocenters. The Labute approximate surface area is 166 Å². The van der Waals surface area contributed by atoms with Crippen molar-refractivity contribution in [3.8, 4) is 0 Å². The van der Waals surface area contributed by atoms with Crippen LogP contribution in [0.4, 0.5) is 17.1 Å². The molecule has 1 amide bonds. The summed E-state index contributed by atoms with van der Waals surface area (Å²) >= 11 is 2.14. The maximum absolute atomic E-state index is 12.3. The number of hydrogen-bond donors (Lipinski definition) is 4. The number of nitrogens with one attached hydrogen (secondary N) is 2. The Morgan fingerprint density at radius 3 is 2.56 bits per heavy atom. The predicted octanol–water partition coefficient (Wildman–Crippen LogP) is 2.46. The molecule has 0 aliphatic carbocycles. The number of benzene rings is 2. The van der Waals surface area contributed by atoms with Gasteiger partial charge in [-0.2, -0.15) is 0 Å². The number of aromatic nitrogens is 2. The van der Waals surface area contributed by atoms with E-state index in [0.717, 1.165) is 9.13 Å². The summed E-state index contributed by atoms with van der Waals surface area (Å²) in [7, 11) is 0. The summed E-state index contributed by atoms with van der Waals surface area (Å²) in [5, 5.41) is 23.6. The molecule has 1 heterocycles. The van der Waals surface area contributed by atoms with Gasteiger partial charge in [0.25, 0.3) is 11.6 Å². The normalized spacial score (nSPS) is 10.6. The smallest absolute Gasteiger partial charge is 0.299 e. The zero-order valence-corrected chi connectivity index (χ0v) is 15.8. The average Bonchev–Trinajstić information content (AvgIpc) is 2.67. The molecule has 11 heteroatoms. The van der Waals surface area contributed by atoms with Gasteiger partial charge < -0.3 is 11.1 Å². The van der Waals surface area contributed by atoms with E-state index in [1.54, 1.807) is 11.5 Å². The third-order valence-electron chi connectivity index (χ3n) is 3.81. The lowest BCUT2D eigenvalue weighted by molar-refractivity contribution is -0.383. The molecule has 2 aromatic carbocycles. The maximum Gasteiger partial charge on any atom is 0.299 e. The van der Waals surface area contributed by atoms with Crippen LogP contribution in [0.15, 0.2) is 36.7 Å². The van der Waals surface area contributed by atoms with Crippen LogP contribution in [0.5, 0.6) is 0 Å². The number of halogens is 1. The standard InChI is InChI=1S/C16H13IN6O4/c17-9-1-2-10(8(5-9)7-18)21-11-6-12(23(26)27)14-15(20-4-3-19-14)13(11)16(24)22-25/h1-6,21,25H,7,18H2,(H,22,24). The van der Waals surface area contributed by atoms with Crippen LogP contribution in [-0.4, -0.2) is 26.0 Å². The monoisotopic (exact) mass is 480 g/mol. The first kappa shape index (κ1) is 18.9. The van der Waals surface area contributed by atoms with Gasteiger partial charge in [0.1, 0.15) is 5.52 Å². The fraction of sp³-hybridized carbons (Fsp3) is 0.0625. The average molecular weight is 480 g/mol. The van der Waals surface area contributed by atoms with Gasteiger partial charge in [0.05, 0.1) is 16.2 Å². The van der Waals surface area contributed by atoms with E-state index in [1.165, 1.54) is 18.5 Å². The van der Waals surface area contributed by atoms with Crippen LogP contribution in [0.25, 0.3) is 11.0 Å². The first-order valence-corrected chi connectivity index (χ1v) is 8.66. The first-order valence-electron chi connectivity index (χ1n) is 7.58. The van der Waals surface area contributed by atoms with Crippen molar-refractivity contribution in [3.63, 3.8) is 0 Å². The Morgan fingerprint density at radius 2 is 1.93 bits per heavy atom. The summed E-state index contributed by atoms with van der Waals surface area (Å²) in [4.78, 5) is 31.1. The minimum Gasteiger partial charge on any atom is -0.354 e. The molecule has 0 unspecified atom stereocenters. The number of nitrogens with zero attached hydrogens (tertiary/aromatic N) is 3. The molecule has 0 fully saturated rings. The Kier molecular flexibility index (Phi) is 5.43. The quantitative estimate of drug-likeness (QED) is 0.188. The number of amides is 1. The fourth-order valence-electron chi connectivity index (χ4n) is 2.63. The highest BCUT2D eigenvalue weighted by Crippen LogP contribution is 2.34. The van der Waals surface area contributed by atoms with Gasteiger partial charge in [-0.1, -0.05) is 0 Å². The van der Waals surface area contributed by atoms with Crippen LogP contribution in [0.3, 0.4) is 0 Å². The van der Waals surface area contributed by atoms with E-state index in [2.05, 4.69) is 37.9 Å². The summed E-state index contributed by atoms with van der Waals surface area (Å²) in [5.74, 6) is -0.877. The van der Waals surface area contributed by atoms with E-state index in [-0.39, 0.29) is 34.5 Å². The van der Waals surface area contributed by atoms with Crippen molar-refractivity contribution in [1.82, 2.24) is 15.4 Å². The second-order valence-electron chi connectivity index (χ2n) is 5.40. The van der Waals surface area contributed by atoms with Crippen molar-refractivity contribution in [2.45, 2.75) is 6.54 Å². The number of nitro benzene ring substituents is 1. The number of nitro groups is 1. The van der Waals surface area contributed by atoms with Crippen molar-refractivity contribution >= 4 is 56.6 Å². The molecule has 10 nitrogen and oxygen atoms in total. The van der Waals surface area contributed by atoms with E-state index in [1.807, 2.05) is 12.1 Å². The Bertz CT molecular complexity index is 1060. The molecule has 0 saturated carbocycles. The molecule has 0 radical (unpaired) electrons. The van der Waals surface area contributed by atoms with Crippen molar-refractivity contribution < 1.29 is 14.9 Å². The van der Waals surface area contributed by atoms with E-state index in [0.29, 0.717) is 5.69 Å². The van der Waals surface area contributed by atoms with Crippen LogP contribution < -0.4 is 16.5 Å². The molecule has 5 N–H and O–H groups in total. The summed E-state index contributed by atoms with van der Waals surface area (Å²) in [6.07, 6.45) is 2.59. The molecular weight excluding hydrogens is 467 g/mol. The van der Waals surface area contributed by atoms with Gasteiger partial charge in [0.15, 0.2) is 5.52 Å². The molecule has 27 heavy (non-hydrogen) atoms. The van der Waals surface area contributed by atoms with Gasteiger partial charge in [-0.25, -0.2) is 10.5 Å². The Morgan fingerprint density at radius 1 is 1.22 bits per heavy atom. The number of anilines is 2. The number of hydrogen-bond acceptors (Lipinski definition) is 8. The van der Waals surface area contributed by atoms with E-state index in [9.17, 15) is 14.9 Å². The first-order chi connectivity index (χ1) is 13.0. The van der Waals surface area contributed by atoms with Crippen molar-refractivity contribution in [1.29, 1.82) is 0 Å². The highest BCUT2D eigenvalue weighted by atomic mass is 127. The van der Waals surface area contributed by atoms with Crippen molar-refractivity contribution in [3.05, 3.63) is 61.5 Å². The topological polar surface area (TPSA) is 156 Å². The SMILES string of the molecule is NCc1cc(I)ccc1Nc1cc([N+](=O)[O-])c2nccnc2c1C(=O)NO. The number of rotatable bonds is 5. The Balaban J connectivity index is 2.28. The maximum atomic E-state index is 12.3. The van der Waals surface area contributed by atoms with Crippen LogP contribution in [0.1, 0.15) is 15.9 Å². The van der Waals surface area contributed by atoms with Gasteiger partial charge in [-0.3, -0.25) is 25.1 Å². The molecule has 0 aliphatic rings. The molecule has 0 saturated heterocycles. The fourth-order valence-corrected chi connectivity index (χ4v) is 3.19. The summed E-state index contributed by atoms with van der Waals surface area (Å²) in [6, 6.07) is 6.60. The molecule has 1 aromatic heterocycles. The minimum atomic E-state index is -0.877. The number of nitrogens with two attached hydrogens (primary N) is 1. The summed E-state index contributed by atoms with van der Waals surface area (Å²) in [5.41, 5.74) is 8.26. The molecule has 3 aromatic rings. The van der Waals surface area contributed by atoms with E-state index >= 15 is 0 Å². The molecule has 0 spiro atoms. The number of non-ortho nitro benzene ring substituents is 1. The zero-order chi connectivity index (χ0) is 19.6. The number of hydroxylamine groups is 1. The third kappa shape index (κ3) is 3.65. The highest BCUT2D eigenvalue weighted by molar-refractivity contribution is 14.1. The van der Waals surface area contributed by atoms with Crippen LogP contribution in [-0.2, 0) is 6.54 Å². The van der Waals surface area contributed by atoms with Crippen LogP contribution in [0, 0.1) is 13.7 Å². The van der Waals surface area contributed by atoms with Gasteiger partial charge in [0, 0.05) is 34.3 Å². The second kappa shape index (κ2) is 7.77. The molecule has 138 valence electrons. The lowest BCUT2D eigenvalue weighted by atomic mass is 10.1. The highest BCUT2D eigenvalue weighted by Gasteiger charge is 2.25. The number of carbonyl (C=O) groups is 1. The zero-order valence-electron chi connectivity index (χ0n) is 13.6. The lowest BCUT2D eigenvalue weighted by Crippen LogP contribution is -2.21. The summed E-state index contributed by atoms with van der Waals surface area (Å²) in [6.45, 7) is 0.218. The largest absolute Gasteiger partial charge is 0.354 e. The summed E-state index contributed by atoms with van der Waals surface area (Å²) < 4.78 is 0.960. The molecule has 0 bridgehead atoms. The third-order valence-corrected chi connectivity index (χ3v) is 4.48. The van der Waals surface area contributed by atoms with Gasteiger partial charge in [0.2, 0.25) is 0 Å². The number of fused-ring (bicyclic) bond motifs is 1. The van der Waals surface area contributed by atoms with E-state index in [4.69, 9.17) is 10.9 Å². The van der Waals surface area contributed by atoms with Gasteiger partial charge >= 0.3 is 0 Å². The van der Waals surface area contributed by atoms with Crippen molar-refractivity contribution in [2.75, 3.05) is 5.32 Å². The lowest BCUT2D eigenvalue weighted by Gasteiger charge is -2.15. The van der Waals surface area contributed by atoms with Gasteiger partial charge in [-0.05, 0) is 46.4 Å². The predicted molar refractivity (Wildman–Crippen MR) is 106 cm³/mol. The molecule has 3 rings (SSSR count). The van der Waals surface area contributed by atoms with Crippen LogP contribution in [0.2, 0.25) is 0 Å².